The van der Waals surface area contributed by atoms with E-state index in [2.05, 4.69) is 19.2 Å². The smallest absolute Gasteiger partial charge is 0.234 e. The quantitative estimate of drug-likeness (QED) is 0.572. The Hall–Kier alpha value is -2.74. The summed E-state index contributed by atoms with van der Waals surface area (Å²) >= 11 is 0. The van der Waals surface area contributed by atoms with E-state index < -0.39 is 11.6 Å². The van der Waals surface area contributed by atoms with Crippen molar-refractivity contribution in [3.63, 3.8) is 0 Å². The van der Waals surface area contributed by atoms with Crippen LogP contribution >= 0.6 is 0 Å². The predicted molar refractivity (Wildman–Crippen MR) is 99.9 cm³/mol. The highest BCUT2D eigenvalue weighted by Crippen LogP contribution is 2.45. The first-order valence-corrected chi connectivity index (χ1v) is 8.71. The van der Waals surface area contributed by atoms with Crippen molar-refractivity contribution in [2.75, 3.05) is 0 Å². The third-order valence-corrected chi connectivity index (χ3v) is 5.67. The molecule has 0 heterocycles. The normalized spacial score (nSPS) is 24.6. The topological polar surface area (TPSA) is 34.1 Å². The number of rotatable bonds is 3. The molecule has 2 aliphatic carbocycles. The van der Waals surface area contributed by atoms with Crippen LogP contribution < -0.4 is 0 Å². The molecule has 2 aliphatic rings. The zero-order valence-electron chi connectivity index (χ0n) is 14.1. The summed E-state index contributed by atoms with van der Waals surface area (Å²) in [5.41, 5.74) is 3.87. The number of allylic oxidation sites excluding steroid dienone is 2. The Bertz CT molecular complexity index is 906. The Morgan fingerprint density at radius 3 is 2.20 bits per heavy atom. The van der Waals surface area contributed by atoms with Crippen molar-refractivity contribution in [3.05, 3.63) is 84.5 Å². The molecule has 0 N–H and O–H groups in total. The van der Waals surface area contributed by atoms with Gasteiger partial charge >= 0.3 is 0 Å². The summed E-state index contributed by atoms with van der Waals surface area (Å²) in [6.45, 7) is 7.90. The van der Waals surface area contributed by atoms with Crippen LogP contribution in [0, 0.1) is 11.8 Å². The van der Waals surface area contributed by atoms with E-state index in [9.17, 15) is 9.59 Å². The number of ketones is 2. The molecule has 0 aliphatic heterocycles. The van der Waals surface area contributed by atoms with E-state index in [0.717, 1.165) is 29.5 Å². The molecule has 3 unspecified atom stereocenters. The summed E-state index contributed by atoms with van der Waals surface area (Å²) in [5, 5.41) is 0. The number of benzene rings is 2. The van der Waals surface area contributed by atoms with Gasteiger partial charge in [0.25, 0.3) is 0 Å². The fraction of sp³-hybridized carbons (Fsp3) is 0.217. The maximum Gasteiger partial charge on any atom is 0.234 e. The summed E-state index contributed by atoms with van der Waals surface area (Å²) < 4.78 is 0. The van der Waals surface area contributed by atoms with E-state index in [-0.39, 0.29) is 0 Å². The lowest BCUT2D eigenvalue weighted by Gasteiger charge is -2.22. The van der Waals surface area contributed by atoms with Gasteiger partial charge in [-0.3, -0.25) is 9.59 Å². The molecular formula is C23H20O2. The zero-order valence-corrected chi connectivity index (χ0v) is 14.1. The number of hydrogen-bond acceptors (Lipinski definition) is 2. The molecule has 0 saturated heterocycles. The third kappa shape index (κ3) is 2.41. The molecule has 1 fully saturated rings. The predicted octanol–water partition coefficient (Wildman–Crippen LogP) is 5.21. The van der Waals surface area contributed by atoms with Crippen molar-refractivity contribution in [1.29, 1.82) is 0 Å². The fourth-order valence-corrected chi connectivity index (χ4v) is 4.32. The minimum Gasteiger partial charge on any atom is -0.285 e. The first-order chi connectivity index (χ1) is 12.1. The van der Waals surface area contributed by atoms with Gasteiger partial charge in [0.1, 0.15) is 0 Å². The van der Waals surface area contributed by atoms with Gasteiger partial charge in [0.15, 0.2) is 0 Å². The van der Waals surface area contributed by atoms with Crippen LogP contribution in [0.5, 0.6) is 0 Å². The molecule has 2 heteroatoms. The number of Topliss-reactive ketones (excluding diaryl/α,β-unsaturated/α-hetero) is 2. The second-order valence-corrected chi connectivity index (χ2v) is 6.98. The lowest BCUT2D eigenvalue weighted by molar-refractivity contribution is 0.0815. The van der Waals surface area contributed by atoms with Crippen molar-refractivity contribution in [3.8, 4) is 11.1 Å². The molecule has 25 heavy (non-hydrogen) atoms. The van der Waals surface area contributed by atoms with Gasteiger partial charge in [0.05, 0.1) is 0 Å². The van der Waals surface area contributed by atoms with Gasteiger partial charge in [0, 0.05) is 11.1 Å². The van der Waals surface area contributed by atoms with Crippen LogP contribution in [0.15, 0.2) is 67.8 Å². The molecule has 3 atom stereocenters. The zero-order chi connectivity index (χ0) is 17.6. The Morgan fingerprint density at radius 2 is 1.48 bits per heavy atom. The van der Waals surface area contributed by atoms with Gasteiger partial charge in [-0.2, -0.15) is 0 Å². The van der Waals surface area contributed by atoms with Crippen LogP contribution in [0.1, 0.15) is 45.0 Å². The van der Waals surface area contributed by atoms with Crippen LogP contribution in [0.4, 0.5) is 0 Å². The second kappa shape index (κ2) is 5.96. The molecular weight excluding hydrogens is 308 g/mol. The van der Waals surface area contributed by atoms with E-state index in [1.165, 1.54) is 0 Å². The van der Waals surface area contributed by atoms with Gasteiger partial charge in [-0.15, -0.1) is 13.2 Å². The number of fused-ring (bicyclic) bond motifs is 3. The van der Waals surface area contributed by atoms with Crippen LogP contribution in [0.2, 0.25) is 0 Å². The molecule has 0 amide bonds. The number of hydrogen-bond donors (Lipinski definition) is 0. The average Bonchev–Trinajstić information content (AvgIpc) is 3.09. The van der Waals surface area contributed by atoms with Crippen LogP contribution in [-0.2, 0) is 0 Å². The van der Waals surface area contributed by atoms with Gasteiger partial charge in [0.2, 0.25) is 11.6 Å². The number of carbonyl (C=O) groups excluding carboxylic acids is 2. The van der Waals surface area contributed by atoms with Crippen LogP contribution in [0.3, 0.4) is 0 Å². The average molecular weight is 328 g/mol. The van der Waals surface area contributed by atoms with Gasteiger partial charge in [-0.25, -0.2) is 0 Å². The number of carbonyl (C=O) groups is 2. The molecule has 2 aromatic carbocycles. The Kier molecular flexibility index (Phi) is 3.76. The van der Waals surface area contributed by atoms with Gasteiger partial charge in [-0.05, 0) is 53.4 Å². The van der Waals surface area contributed by atoms with E-state index >= 15 is 0 Å². The molecule has 2 aromatic rings. The van der Waals surface area contributed by atoms with E-state index in [1.54, 1.807) is 12.1 Å². The molecule has 0 spiro atoms. The summed E-state index contributed by atoms with van der Waals surface area (Å²) in [6, 6.07) is 13.4. The summed E-state index contributed by atoms with van der Waals surface area (Å²) in [7, 11) is 0. The Morgan fingerprint density at radius 1 is 0.800 bits per heavy atom. The standard InChI is InChI=1S/C23H20O2/c1-3-14-11-15(4-2)20(12-14)16-9-10-18-17-7-5-6-8-19(17)22(24)23(25)21(18)13-16/h3-10,13-15,20H,1-2,11-12H2. The van der Waals surface area contributed by atoms with Crippen molar-refractivity contribution >= 4 is 11.6 Å². The van der Waals surface area contributed by atoms with Gasteiger partial charge < -0.3 is 0 Å². The summed E-state index contributed by atoms with van der Waals surface area (Å²) in [5.74, 6) is 0.371. The lowest BCUT2D eigenvalue weighted by atomic mass is 9.80. The molecule has 4 rings (SSSR count). The second-order valence-electron chi connectivity index (χ2n) is 6.98. The lowest BCUT2D eigenvalue weighted by Crippen LogP contribution is -2.21. The molecule has 2 nitrogen and oxygen atoms in total. The largest absolute Gasteiger partial charge is 0.285 e. The van der Waals surface area contributed by atoms with Gasteiger partial charge in [-0.1, -0.05) is 48.6 Å². The van der Waals surface area contributed by atoms with E-state index in [0.29, 0.717) is 28.9 Å². The summed E-state index contributed by atoms with van der Waals surface area (Å²) in [6.07, 6.45) is 6.08. The minimum atomic E-state index is -0.407. The SMILES string of the molecule is C=CC1CC(C=C)C(c2ccc3c(c2)C(=O)C(=O)c2ccccc2-3)C1. The monoisotopic (exact) mass is 328 g/mol. The highest BCUT2D eigenvalue weighted by molar-refractivity contribution is 6.53. The van der Waals surface area contributed by atoms with Crippen molar-refractivity contribution in [1.82, 2.24) is 0 Å². The van der Waals surface area contributed by atoms with Crippen molar-refractivity contribution in [2.45, 2.75) is 18.8 Å². The minimum absolute atomic E-state index is 0.325. The molecule has 0 aromatic heterocycles. The maximum absolute atomic E-state index is 12.6. The Balaban J connectivity index is 1.81. The molecule has 1 saturated carbocycles. The molecule has 0 radical (unpaired) electrons. The Labute approximate surface area is 147 Å². The van der Waals surface area contributed by atoms with E-state index in [4.69, 9.17) is 0 Å². The molecule has 0 bridgehead atoms. The maximum atomic E-state index is 12.6. The first kappa shape index (κ1) is 15.8. The van der Waals surface area contributed by atoms with Crippen molar-refractivity contribution in [2.24, 2.45) is 11.8 Å². The highest BCUT2D eigenvalue weighted by atomic mass is 16.2. The molecule has 124 valence electrons. The van der Waals surface area contributed by atoms with Crippen LogP contribution in [0.25, 0.3) is 11.1 Å². The fourth-order valence-electron chi connectivity index (χ4n) is 4.32. The highest BCUT2D eigenvalue weighted by Gasteiger charge is 2.34. The van der Waals surface area contributed by atoms with Crippen LogP contribution in [-0.4, -0.2) is 11.6 Å². The third-order valence-electron chi connectivity index (χ3n) is 5.67. The van der Waals surface area contributed by atoms with E-state index in [1.807, 2.05) is 36.4 Å². The van der Waals surface area contributed by atoms with Crippen molar-refractivity contribution < 1.29 is 9.59 Å². The summed E-state index contributed by atoms with van der Waals surface area (Å²) in [4.78, 5) is 25.1. The first-order valence-electron chi connectivity index (χ1n) is 8.71.